The van der Waals surface area contributed by atoms with Gasteiger partial charge in [-0.2, -0.15) is 0 Å². The molecule has 0 bridgehead atoms. The van der Waals surface area contributed by atoms with Gasteiger partial charge in [-0.1, -0.05) is 32.6 Å². The molecular weight excluding hydrogens is 200 g/mol. The lowest BCUT2D eigenvalue weighted by molar-refractivity contribution is -0.112. The molecule has 0 N–H and O–H groups in total. The first-order valence-electron chi connectivity index (χ1n) is 6.96. The zero-order valence-electron chi connectivity index (χ0n) is 11.2. The second kappa shape index (κ2) is 8.08. The summed E-state index contributed by atoms with van der Waals surface area (Å²) in [4.78, 5) is 0. The van der Waals surface area contributed by atoms with E-state index in [2.05, 4.69) is 13.8 Å². The maximum atomic E-state index is 6.09. The minimum absolute atomic E-state index is 0.249. The van der Waals surface area contributed by atoms with E-state index in [9.17, 15) is 0 Å². The average molecular weight is 228 g/mol. The lowest BCUT2D eigenvalue weighted by Crippen LogP contribution is -2.36. The summed E-state index contributed by atoms with van der Waals surface area (Å²) < 4.78 is 11.5. The molecule has 16 heavy (non-hydrogen) atoms. The number of unbranched alkanes of at least 4 members (excludes halogenated alkanes) is 3. The molecule has 1 saturated heterocycles. The van der Waals surface area contributed by atoms with Gasteiger partial charge < -0.3 is 9.47 Å². The van der Waals surface area contributed by atoms with E-state index in [4.69, 9.17) is 9.47 Å². The molecule has 1 heterocycles. The van der Waals surface area contributed by atoms with Crippen molar-refractivity contribution >= 4 is 0 Å². The molecule has 0 unspecified atom stereocenters. The highest BCUT2D eigenvalue weighted by Crippen LogP contribution is 2.25. The van der Waals surface area contributed by atoms with Crippen LogP contribution in [-0.4, -0.2) is 25.4 Å². The van der Waals surface area contributed by atoms with Crippen molar-refractivity contribution in [3.05, 3.63) is 0 Å². The van der Waals surface area contributed by atoms with E-state index in [0.717, 1.165) is 0 Å². The number of hydrogen-bond acceptors (Lipinski definition) is 2. The van der Waals surface area contributed by atoms with Gasteiger partial charge in [-0.3, -0.25) is 0 Å². The van der Waals surface area contributed by atoms with E-state index in [1.807, 2.05) is 0 Å². The Morgan fingerprint density at radius 3 is 2.75 bits per heavy atom. The summed E-state index contributed by atoms with van der Waals surface area (Å²) in [6.45, 7) is 4.37. The topological polar surface area (TPSA) is 18.5 Å². The molecule has 2 heteroatoms. The first-order valence-corrected chi connectivity index (χ1v) is 6.96. The number of methoxy groups -OCH3 is 1. The van der Waals surface area contributed by atoms with Crippen molar-refractivity contribution in [1.82, 2.24) is 0 Å². The fourth-order valence-corrected chi connectivity index (χ4v) is 2.44. The van der Waals surface area contributed by atoms with E-state index in [0.29, 0.717) is 12.2 Å². The van der Waals surface area contributed by atoms with Crippen molar-refractivity contribution in [2.45, 2.75) is 83.5 Å². The first-order chi connectivity index (χ1) is 7.77. The Hall–Kier alpha value is -0.0800. The third-order valence-corrected chi connectivity index (χ3v) is 3.66. The van der Waals surface area contributed by atoms with Gasteiger partial charge in [0, 0.05) is 7.11 Å². The Kier molecular flexibility index (Phi) is 7.06. The molecule has 0 radical (unpaired) electrons. The van der Waals surface area contributed by atoms with Crippen LogP contribution in [-0.2, 0) is 9.47 Å². The van der Waals surface area contributed by atoms with Crippen LogP contribution in [0.3, 0.4) is 0 Å². The number of rotatable bonds is 7. The van der Waals surface area contributed by atoms with Crippen LogP contribution >= 0.6 is 0 Å². The smallest absolute Gasteiger partial charge is 0.0837 e. The van der Waals surface area contributed by atoms with Gasteiger partial charge in [0.05, 0.1) is 18.3 Å². The van der Waals surface area contributed by atoms with E-state index in [1.165, 1.54) is 51.4 Å². The van der Waals surface area contributed by atoms with Gasteiger partial charge in [0.15, 0.2) is 0 Å². The zero-order chi connectivity index (χ0) is 11.8. The van der Waals surface area contributed by atoms with Crippen LogP contribution in [0.15, 0.2) is 0 Å². The highest BCUT2D eigenvalue weighted by atomic mass is 16.5. The maximum absolute atomic E-state index is 6.09. The number of ether oxygens (including phenoxy) is 2. The molecule has 1 aliphatic rings. The van der Waals surface area contributed by atoms with Crippen molar-refractivity contribution in [2.24, 2.45) is 0 Å². The summed E-state index contributed by atoms with van der Waals surface area (Å²) in [6, 6.07) is 0. The third-order valence-electron chi connectivity index (χ3n) is 3.66. The Morgan fingerprint density at radius 1 is 1.25 bits per heavy atom. The highest BCUT2D eigenvalue weighted by Gasteiger charge is 2.26. The summed E-state index contributed by atoms with van der Waals surface area (Å²) in [5.41, 5.74) is 0. The van der Waals surface area contributed by atoms with Gasteiger partial charge >= 0.3 is 0 Å². The molecule has 3 atom stereocenters. The van der Waals surface area contributed by atoms with Crippen LogP contribution in [0.25, 0.3) is 0 Å². The van der Waals surface area contributed by atoms with Gasteiger partial charge in [-0.05, 0) is 32.6 Å². The molecule has 0 aromatic carbocycles. The van der Waals surface area contributed by atoms with Gasteiger partial charge in [0.1, 0.15) is 0 Å². The molecule has 0 aliphatic carbocycles. The first kappa shape index (κ1) is 14.0. The summed E-state index contributed by atoms with van der Waals surface area (Å²) in [5.74, 6) is 0. The van der Waals surface area contributed by atoms with Crippen molar-refractivity contribution in [1.29, 1.82) is 0 Å². The standard InChI is InChI=1S/C14H28O2/c1-4-5-6-7-9-13-10-8-11-14(16-13)12(2)15-3/h12-14H,4-11H2,1-3H3/t12-,13+,14-/m1/s1. The lowest BCUT2D eigenvalue weighted by Gasteiger charge is -2.33. The van der Waals surface area contributed by atoms with Gasteiger partial charge in [-0.15, -0.1) is 0 Å². The van der Waals surface area contributed by atoms with E-state index in [1.54, 1.807) is 7.11 Å². The predicted octanol–water partition coefficient (Wildman–Crippen LogP) is 3.93. The van der Waals surface area contributed by atoms with Crippen molar-refractivity contribution in [3.8, 4) is 0 Å². The molecule has 0 amide bonds. The van der Waals surface area contributed by atoms with E-state index >= 15 is 0 Å². The molecule has 0 aromatic rings. The molecule has 0 spiro atoms. The molecule has 1 fully saturated rings. The SMILES string of the molecule is CCCCCC[C@H]1CCC[C@H]([C@@H](C)OC)O1. The van der Waals surface area contributed by atoms with Gasteiger partial charge in [0.25, 0.3) is 0 Å². The Balaban J connectivity index is 2.17. The fraction of sp³-hybridized carbons (Fsp3) is 1.00. The minimum Gasteiger partial charge on any atom is -0.379 e. The van der Waals surface area contributed by atoms with Gasteiger partial charge in [0.2, 0.25) is 0 Å². The van der Waals surface area contributed by atoms with Crippen LogP contribution < -0.4 is 0 Å². The van der Waals surface area contributed by atoms with Crippen LogP contribution in [0.1, 0.15) is 65.2 Å². The largest absolute Gasteiger partial charge is 0.379 e. The second-order valence-corrected chi connectivity index (χ2v) is 5.02. The maximum Gasteiger partial charge on any atom is 0.0837 e. The number of hydrogen-bond donors (Lipinski definition) is 0. The monoisotopic (exact) mass is 228 g/mol. The van der Waals surface area contributed by atoms with Crippen LogP contribution in [0.5, 0.6) is 0 Å². The van der Waals surface area contributed by atoms with Gasteiger partial charge in [-0.25, -0.2) is 0 Å². The lowest BCUT2D eigenvalue weighted by atomic mass is 9.97. The molecule has 2 nitrogen and oxygen atoms in total. The normalized spacial score (nSPS) is 27.9. The van der Waals surface area contributed by atoms with Crippen molar-refractivity contribution in [2.75, 3.05) is 7.11 Å². The summed E-state index contributed by atoms with van der Waals surface area (Å²) in [6.07, 6.45) is 11.4. The highest BCUT2D eigenvalue weighted by molar-refractivity contribution is 4.75. The van der Waals surface area contributed by atoms with Crippen molar-refractivity contribution in [3.63, 3.8) is 0 Å². The molecule has 0 aromatic heterocycles. The van der Waals surface area contributed by atoms with Crippen molar-refractivity contribution < 1.29 is 9.47 Å². The van der Waals surface area contributed by atoms with E-state index < -0.39 is 0 Å². The summed E-state index contributed by atoms with van der Waals surface area (Å²) >= 11 is 0. The zero-order valence-corrected chi connectivity index (χ0v) is 11.2. The fourth-order valence-electron chi connectivity index (χ4n) is 2.44. The average Bonchev–Trinajstić information content (AvgIpc) is 2.34. The van der Waals surface area contributed by atoms with Crippen LogP contribution in [0, 0.1) is 0 Å². The quantitative estimate of drug-likeness (QED) is 0.615. The second-order valence-electron chi connectivity index (χ2n) is 5.02. The Labute approximate surface area is 101 Å². The Morgan fingerprint density at radius 2 is 2.06 bits per heavy atom. The minimum atomic E-state index is 0.249. The Bertz CT molecular complexity index is 170. The summed E-state index contributed by atoms with van der Waals surface area (Å²) in [7, 11) is 1.78. The predicted molar refractivity (Wildman–Crippen MR) is 67.7 cm³/mol. The van der Waals surface area contributed by atoms with E-state index in [-0.39, 0.29) is 6.10 Å². The summed E-state index contributed by atoms with van der Waals surface area (Å²) in [5, 5.41) is 0. The molecule has 0 saturated carbocycles. The molecular formula is C14H28O2. The molecule has 1 rings (SSSR count). The third kappa shape index (κ3) is 4.84. The molecule has 1 aliphatic heterocycles. The molecule has 96 valence electrons. The van der Waals surface area contributed by atoms with Crippen LogP contribution in [0.2, 0.25) is 0 Å². The van der Waals surface area contributed by atoms with Crippen LogP contribution in [0.4, 0.5) is 0 Å².